The van der Waals surface area contributed by atoms with Crippen molar-refractivity contribution in [1.29, 1.82) is 0 Å². The first kappa shape index (κ1) is 43.5. The molecule has 7 aromatic rings. The molecule has 16 heteroatoms. The quantitative estimate of drug-likeness (QED) is 0.0797. The maximum absolute atomic E-state index is 12.6. The first-order chi connectivity index (χ1) is 30.5. The van der Waals surface area contributed by atoms with E-state index in [2.05, 4.69) is 96.3 Å². The van der Waals surface area contributed by atoms with E-state index < -0.39 is 0 Å². The Labute approximate surface area is 366 Å². The molecular weight excluding hydrogens is 797 g/mol. The molecule has 0 unspecified atom stereocenters. The number of carbonyl (C=O) groups is 2. The number of amides is 4. The highest BCUT2D eigenvalue weighted by Crippen LogP contribution is 2.25. The van der Waals surface area contributed by atoms with Crippen LogP contribution in [0.3, 0.4) is 0 Å². The topological polar surface area (TPSA) is 179 Å². The van der Waals surface area contributed by atoms with Gasteiger partial charge in [-0.2, -0.15) is 10.2 Å². The Bertz CT molecular complexity index is 2500. The van der Waals surface area contributed by atoms with Crippen LogP contribution in [0, 0.1) is 0 Å². The van der Waals surface area contributed by atoms with Gasteiger partial charge in [-0.1, -0.05) is 32.9 Å². The normalized spacial score (nSPS) is 13.0. The summed E-state index contributed by atoms with van der Waals surface area (Å²) in [5.41, 5.74) is 4.37. The summed E-state index contributed by atoms with van der Waals surface area (Å²) in [5.74, 6) is 3.80. The van der Waals surface area contributed by atoms with Crippen LogP contribution in [0.25, 0.3) is 5.69 Å². The molecule has 8 rings (SSSR count). The zero-order chi connectivity index (χ0) is 44.0. The summed E-state index contributed by atoms with van der Waals surface area (Å²) in [5, 5.41) is 22.6. The van der Waals surface area contributed by atoms with Crippen LogP contribution < -0.4 is 30.7 Å². The van der Waals surface area contributed by atoms with Crippen molar-refractivity contribution in [2.24, 2.45) is 0 Å². The lowest BCUT2D eigenvalue weighted by Crippen LogP contribution is -2.45. The third kappa shape index (κ3) is 13.2. The molecule has 1 aliphatic heterocycles. The van der Waals surface area contributed by atoms with Crippen LogP contribution in [0.4, 0.5) is 32.6 Å². The summed E-state index contributed by atoms with van der Waals surface area (Å²) < 4.78 is 13.2. The minimum Gasteiger partial charge on any atom is -0.457 e. The van der Waals surface area contributed by atoms with Crippen molar-refractivity contribution >= 4 is 35.1 Å². The average molecular weight is 849 g/mol. The van der Waals surface area contributed by atoms with Crippen LogP contribution in [0.15, 0.2) is 140 Å². The molecule has 0 radical (unpaired) electrons. The van der Waals surface area contributed by atoms with E-state index in [0.29, 0.717) is 46.0 Å². The van der Waals surface area contributed by atoms with E-state index in [1.165, 1.54) is 5.56 Å². The molecule has 5 N–H and O–H groups in total. The number of hydrogen-bond donors (Lipinski definition) is 5. The summed E-state index contributed by atoms with van der Waals surface area (Å²) in [7, 11) is 2.18. The van der Waals surface area contributed by atoms with Crippen LogP contribution in [-0.2, 0) is 11.8 Å². The van der Waals surface area contributed by atoms with Gasteiger partial charge in [0.1, 0.15) is 28.8 Å². The summed E-state index contributed by atoms with van der Waals surface area (Å²) >= 11 is 0. The van der Waals surface area contributed by atoms with Gasteiger partial charge in [0.05, 0.1) is 11.9 Å². The number of urea groups is 2. The average Bonchev–Trinajstić information content (AvgIpc) is 3.96. The molecule has 16 nitrogen and oxygen atoms in total. The van der Waals surface area contributed by atoms with Crippen LogP contribution in [-0.4, -0.2) is 91.6 Å². The summed E-state index contributed by atoms with van der Waals surface area (Å²) in [6, 6.07) is 32.6. The number of ether oxygens (including phenoxy) is 2. The van der Waals surface area contributed by atoms with Gasteiger partial charge >= 0.3 is 12.1 Å². The van der Waals surface area contributed by atoms with Crippen molar-refractivity contribution in [1.82, 2.24) is 39.7 Å². The lowest BCUT2D eigenvalue weighted by molar-refractivity contribution is 0.155. The molecule has 0 aliphatic carbocycles. The lowest BCUT2D eigenvalue weighted by atomic mass is 9.92. The van der Waals surface area contributed by atoms with Crippen molar-refractivity contribution in [3.63, 3.8) is 0 Å². The van der Waals surface area contributed by atoms with Crippen LogP contribution in [0.1, 0.15) is 32.0 Å². The first-order valence-corrected chi connectivity index (χ1v) is 20.6. The van der Waals surface area contributed by atoms with Gasteiger partial charge in [0.25, 0.3) is 0 Å². The Hall–Kier alpha value is -7.56. The van der Waals surface area contributed by atoms with Gasteiger partial charge in [-0.15, -0.1) is 0 Å². The molecule has 0 bridgehead atoms. The van der Waals surface area contributed by atoms with Gasteiger partial charge < -0.3 is 29.9 Å². The number of aromatic nitrogens is 6. The highest BCUT2D eigenvalue weighted by atomic mass is 16.5. The molecule has 0 atom stereocenters. The smallest absolute Gasteiger partial charge is 0.324 e. The number of carbonyl (C=O) groups excluding carboxylic acids is 2. The van der Waals surface area contributed by atoms with Crippen molar-refractivity contribution in [3.05, 3.63) is 151 Å². The Kier molecular flexibility index (Phi) is 14.4. The molecule has 0 spiro atoms. The highest BCUT2D eigenvalue weighted by molar-refractivity contribution is 6.00. The number of nitrogens with zero attached hydrogens (tertiary/aromatic N) is 7. The zero-order valence-electron chi connectivity index (χ0n) is 35.8. The minimum absolute atomic E-state index is 0.0615. The fraction of sp³-hybridized carbons (Fsp3) is 0.234. The van der Waals surface area contributed by atoms with Crippen molar-refractivity contribution in [3.8, 4) is 28.7 Å². The zero-order valence-corrected chi connectivity index (χ0v) is 35.8. The minimum atomic E-state index is -0.361. The van der Waals surface area contributed by atoms with Gasteiger partial charge in [0.2, 0.25) is 0 Å². The fourth-order valence-corrected chi connectivity index (χ4v) is 6.39. The second-order valence-electron chi connectivity index (χ2n) is 15.9. The van der Waals surface area contributed by atoms with Gasteiger partial charge in [-0.25, -0.2) is 14.3 Å². The summed E-state index contributed by atoms with van der Waals surface area (Å²) in [6.45, 7) is 11.8. The second-order valence-corrected chi connectivity index (χ2v) is 15.9. The molecule has 5 heterocycles. The predicted octanol–water partition coefficient (Wildman–Crippen LogP) is 9.03. The summed E-state index contributed by atoms with van der Waals surface area (Å²) in [6.07, 6.45) is 9.35. The standard InChI is InChI=1S/C28H31N7O2.C19H21N5O2/c1-33-18-20-34(21-19-33)17-13-22-2-6-24(7-3-22)35-27(12-16-30-35)32-28(36)31-23-4-8-25(9-5-23)37-26-10-14-29-15-11-26;1-19(2,3)16-12-17(24-23-16)22-18(25)21-13-4-6-14(7-5-13)26-15-8-10-20-11-9-15/h2-12,14-16H,13,17-21H2,1H3,(H2,31,32,36);4-12H,1-3H3,(H3,21,22,23,24,25). The molecule has 63 heavy (non-hydrogen) atoms. The van der Waals surface area contributed by atoms with Crippen LogP contribution in [0.5, 0.6) is 23.0 Å². The molecule has 1 fully saturated rings. The molecular formula is C47H52N12O4. The van der Waals surface area contributed by atoms with Crippen LogP contribution >= 0.6 is 0 Å². The number of H-pyrrole nitrogens is 1. The summed E-state index contributed by atoms with van der Waals surface area (Å²) in [4.78, 5) is 37.5. The predicted molar refractivity (Wildman–Crippen MR) is 245 cm³/mol. The van der Waals surface area contributed by atoms with Gasteiger partial charge in [-0.05, 0) is 104 Å². The molecule has 4 aromatic heterocycles. The number of anilines is 4. The van der Waals surface area contributed by atoms with Crippen molar-refractivity contribution in [2.45, 2.75) is 32.6 Å². The largest absolute Gasteiger partial charge is 0.457 e. The number of likely N-dealkylation sites (N-methyl/N-ethyl adjacent to an activating group) is 1. The van der Waals surface area contributed by atoms with E-state index in [1.807, 2.05) is 18.2 Å². The van der Waals surface area contributed by atoms with E-state index in [9.17, 15) is 9.59 Å². The van der Waals surface area contributed by atoms with Crippen LogP contribution in [0.2, 0.25) is 0 Å². The van der Waals surface area contributed by atoms with Crippen molar-refractivity contribution < 1.29 is 19.1 Å². The maximum Gasteiger partial charge on any atom is 0.324 e. The maximum atomic E-state index is 12.6. The monoisotopic (exact) mass is 848 g/mol. The molecule has 324 valence electrons. The van der Waals surface area contributed by atoms with E-state index >= 15 is 0 Å². The van der Waals surface area contributed by atoms with Gasteiger partial charge in [0.15, 0.2) is 5.82 Å². The third-order valence-electron chi connectivity index (χ3n) is 10.0. The number of pyridine rings is 2. The Balaban J connectivity index is 0.000000201. The SMILES string of the molecule is CC(C)(C)c1cc(NC(=O)Nc2ccc(Oc3ccncc3)cc2)n[nH]1.CN1CCN(CCc2ccc(-n3nccc3NC(=O)Nc3ccc(Oc4ccncc4)cc3)cc2)CC1. The Morgan fingerprint density at radius 3 is 1.68 bits per heavy atom. The van der Waals surface area contributed by atoms with Crippen molar-refractivity contribution in [2.75, 3.05) is 61.0 Å². The number of aromatic amines is 1. The first-order valence-electron chi connectivity index (χ1n) is 20.6. The number of rotatable bonds is 12. The molecule has 0 saturated carbocycles. The van der Waals surface area contributed by atoms with Gasteiger partial charge in [-0.3, -0.25) is 25.7 Å². The second kappa shape index (κ2) is 20.8. The highest BCUT2D eigenvalue weighted by Gasteiger charge is 2.18. The molecule has 1 saturated heterocycles. The number of nitrogens with one attached hydrogen (secondary N) is 5. The molecule has 1 aliphatic rings. The number of benzene rings is 3. The van der Waals surface area contributed by atoms with E-state index in [1.54, 1.807) is 115 Å². The number of piperazine rings is 1. The molecule has 4 amide bonds. The Morgan fingerprint density at radius 1 is 0.635 bits per heavy atom. The third-order valence-corrected chi connectivity index (χ3v) is 10.0. The van der Waals surface area contributed by atoms with E-state index in [-0.39, 0.29) is 17.5 Å². The van der Waals surface area contributed by atoms with Gasteiger partial charge in [0, 0.05) is 92.1 Å². The van der Waals surface area contributed by atoms with E-state index in [0.717, 1.165) is 50.5 Å². The lowest BCUT2D eigenvalue weighted by Gasteiger charge is -2.32. The molecule has 3 aromatic carbocycles. The fourth-order valence-electron chi connectivity index (χ4n) is 6.39. The number of hydrogen-bond acceptors (Lipinski definition) is 10. The van der Waals surface area contributed by atoms with E-state index in [4.69, 9.17) is 9.47 Å². The Morgan fingerprint density at radius 2 is 1.16 bits per heavy atom.